The minimum absolute atomic E-state index is 0.860. The molecule has 1 aromatic carbocycles. The summed E-state index contributed by atoms with van der Waals surface area (Å²) in [6.07, 6.45) is 15.8. The van der Waals surface area contributed by atoms with Crippen molar-refractivity contribution in [2.24, 2.45) is 23.7 Å². The molecule has 0 spiro atoms. The topological polar surface area (TPSA) is 0 Å². The van der Waals surface area contributed by atoms with Gasteiger partial charge in [0.25, 0.3) is 0 Å². The van der Waals surface area contributed by atoms with Gasteiger partial charge in [-0.25, -0.2) is 0 Å². The van der Waals surface area contributed by atoms with Crippen LogP contribution in [0.1, 0.15) is 94.2 Å². The highest BCUT2D eigenvalue weighted by molar-refractivity contribution is 5.36. The Morgan fingerprint density at radius 3 is 2.42 bits per heavy atom. The van der Waals surface area contributed by atoms with Gasteiger partial charge in [-0.1, -0.05) is 51.3 Å². The Morgan fingerprint density at radius 1 is 0.792 bits per heavy atom. The molecule has 0 bridgehead atoms. The standard InChI is InChI=1S/C24H36/c1-3-17-5-7-21-15-23(11-9-19(21)13-17)24-12-10-20-14-18(4-2)6-8-22(20)16-24/h9,11,15,17-18,20,22,24H,3-8,10,12-14,16H2,1-2H3. The zero-order valence-electron chi connectivity index (χ0n) is 15.9. The summed E-state index contributed by atoms with van der Waals surface area (Å²) in [4.78, 5) is 0. The fourth-order valence-corrected chi connectivity index (χ4v) is 6.11. The average Bonchev–Trinajstić information content (AvgIpc) is 2.66. The lowest BCUT2D eigenvalue weighted by Gasteiger charge is -2.42. The maximum Gasteiger partial charge on any atom is -0.0159 e. The number of hydrogen-bond acceptors (Lipinski definition) is 0. The molecule has 5 unspecified atom stereocenters. The van der Waals surface area contributed by atoms with Gasteiger partial charge in [-0.2, -0.15) is 0 Å². The Kier molecular flexibility index (Phi) is 5.02. The van der Waals surface area contributed by atoms with E-state index in [4.69, 9.17) is 0 Å². The summed E-state index contributed by atoms with van der Waals surface area (Å²) in [7, 11) is 0. The molecule has 0 heterocycles. The van der Waals surface area contributed by atoms with Gasteiger partial charge in [-0.3, -0.25) is 0 Å². The molecule has 0 aromatic heterocycles. The van der Waals surface area contributed by atoms with E-state index >= 15 is 0 Å². The van der Waals surface area contributed by atoms with Crippen LogP contribution in [-0.4, -0.2) is 0 Å². The van der Waals surface area contributed by atoms with E-state index in [0.29, 0.717) is 0 Å². The van der Waals surface area contributed by atoms with Gasteiger partial charge in [0.15, 0.2) is 0 Å². The van der Waals surface area contributed by atoms with Gasteiger partial charge in [-0.05, 0) is 97.6 Å². The van der Waals surface area contributed by atoms with Crippen molar-refractivity contribution in [3.63, 3.8) is 0 Å². The van der Waals surface area contributed by atoms with Crippen LogP contribution >= 0.6 is 0 Å². The van der Waals surface area contributed by atoms with Crippen molar-refractivity contribution < 1.29 is 0 Å². The van der Waals surface area contributed by atoms with E-state index in [0.717, 1.165) is 29.6 Å². The summed E-state index contributed by atoms with van der Waals surface area (Å²) >= 11 is 0. The summed E-state index contributed by atoms with van der Waals surface area (Å²) < 4.78 is 0. The summed E-state index contributed by atoms with van der Waals surface area (Å²) in [5, 5.41) is 0. The van der Waals surface area contributed by atoms with Crippen molar-refractivity contribution in [2.45, 2.75) is 90.4 Å². The van der Waals surface area contributed by atoms with E-state index in [-0.39, 0.29) is 0 Å². The van der Waals surface area contributed by atoms with Gasteiger partial charge in [0.2, 0.25) is 0 Å². The van der Waals surface area contributed by atoms with Gasteiger partial charge in [0, 0.05) is 0 Å². The first-order valence-electron chi connectivity index (χ1n) is 10.9. The first-order valence-corrected chi connectivity index (χ1v) is 10.9. The van der Waals surface area contributed by atoms with Crippen LogP contribution in [0.2, 0.25) is 0 Å². The monoisotopic (exact) mass is 324 g/mol. The van der Waals surface area contributed by atoms with Crippen LogP contribution < -0.4 is 0 Å². The molecule has 2 saturated carbocycles. The molecule has 1 aromatic rings. The molecule has 0 aliphatic heterocycles. The first kappa shape index (κ1) is 16.7. The maximum absolute atomic E-state index is 2.61. The molecule has 132 valence electrons. The third-order valence-electron chi connectivity index (χ3n) is 7.91. The molecule has 0 amide bonds. The molecular weight excluding hydrogens is 288 g/mol. The van der Waals surface area contributed by atoms with Gasteiger partial charge in [0.1, 0.15) is 0 Å². The molecule has 3 aliphatic carbocycles. The van der Waals surface area contributed by atoms with Crippen LogP contribution in [0.15, 0.2) is 18.2 Å². The fourth-order valence-electron chi connectivity index (χ4n) is 6.11. The van der Waals surface area contributed by atoms with E-state index in [1.54, 1.807) is 16.7 Å². The normalized spacial score (nSPS) is 36.0. The molecule has 3 aliphatic rings. The predicted molar refractivity (Wildman–Crippen MR) is 103 cm³/mol. The number of aryl methyl sites for hydroxylation is 1. The van der Waals surface area contributed by atoms with Crippen molar-refractivity contribution in [1.82, 2.24) is 0 Å². The van der Waals surface area contributed by atoms with Crippen molar-refractivity contribution in [1.29, 1.82) is 0 Å². The zero-order chi connectivity index (χ0) is 16.5. The van der Waals surface area contributed by atoms with Crippen LogP contribution in [0.3, 0.4) is 0 Å². The zero-order valence-corrected chi connectivity index (χ0v) is 15.9. The highest BCUT2D eigenvalue weighted by atomic mass is 14.4. The van der Waals surface area contributed by atoms with Crippen LogP contribution in [0, 0.1) is 23.7 Å². The van der Waals surface area contributed by atoms with E-state index in [1.165, 1.54) is 70.6 Å². The minimum Gasteiger partial charge on any atom is -0.0651 e. The van der Waals surface area contributed by atoms with Crippen molar-refractivity contribution in [3.8, 4) is 0 Å². The molecule has 0 radical (unpaired) electrons. The molecule has 0 saturated heterocycles. The fraction of sp³-hybridized carbons (Fsp3) is 0.750. The summed E-state index contributed by atoms with van der Waals surface area (Å²) in [5.74, 6) is 4.93. The van der Waals surface area contributed by atoms with Crippen LogP contribution in [0.5, 0.6) is 0 Å². The minimum atomic E-state index is 0.860. The predicted octanol–water partition coefficient (Wildman–Crippen LogP) is 6.91. The van der Waals surface area contributed by atoms with E-state index in [1.807, 2.05) is 0 Å². The van der Waals surface area contributed by atoms with Gasteiger partial charge >= 0.3 is 0 Å². The molecule has 5 atom stereocenters. The van der Waals surface area contributed by atoms with Crippen LogP contribution in [0.4, 0.5) is 0 Å². The van der Waals surface area contributed by atoms with E-state index < -0.39 is 0 Å². The number of rotatable bonds is 3. The second-order valence-electron chi connectivity index (χ2n) is 9.16. The lowest BCUT2D eigenvalue weighted by molar-refractivity contribution is 0.116. The van der Waals surface area contributed by atoms with Crippen molar-refractivity contribution in [2.75, 3.05) is 0 Å². The molecule has 24 heavy (non-hydrogen) atoms. The lowest BCUT2D eigenvalue weighted by atomic mass is 9.63. The summed E-state index contributed by atoms with van der Waals surface area (Å²) in [5.41, 5.74) is 5.03. The van der Waals surface area contributed by atoms with Gasteiger partial charge in [-0.15, -0.1) is 0 Å². The second kappa shape index (κ2) is 7.22. The third kappa shape index (κ3) is 3.31. The van der Waals surface area contributed by atoms with Crippen LogP contribution in [-0.2, 0) is 12.8 Å². The molecular formula is C24H36. The maximum atomic E-state index is 2.61. The Hall–Kier alpha value is -0.780. The van der Waals surface area contributed by atoms with Crippen LogP contribution in [0.25, 0.3) is 0 Å². The third-order valence-corrected chi connectivity index (χ3v) is 7.91. The van der Waals surface area contributed by atoms with Crippen molar-refractivity contribution in [3.05, 3.63) is 34.9 Å². The second-order valence-corrected chi connectivity index (χ2v) is 9.16. The van der Waals surface area contributed by atoms with E-state index in [2.05, 4.69) is 32.0 Å². The first-order chi connectivity index (χ1) is 11.8. The van der Waals surface area contributed by atoms with E-state index in [9.17, 15) is 0 Å². The molecule has 4 rings (SSSR count). The van der Waals surface area contributed by atoms with Crippen molar-refractivity contribution >= 4 is 0 Å². The highest BCUT2D eigenvalue weighted by Crippen LogP contribution is 2.48. The number of benzene rings is 1. The molecule has 0 heteroatoms. The van der Waals surface area contributed by atoms with Gasteiger partial charge in [0.05, 0.1) is 0 Å². The van der Waals surface area contributed by atoms with Gasteiger partial charge < -0.3 is 0 Å². The number of fused-ring (bicyclic) bond motifs is 2. The number of hydrogen-bond donors (Lipinski definition) is 0. The summed E-state index contributed by atoms with van der Waals surface area (Å²) in [6.45, 7) is 4.75. The SMILES string of the molecule is CCC1CCc2cc(C3CCC4CC(CC)CCC4C3)ccc2C1. The summed E-state index contributed by atoms with van der Waals surface area (Å²) in [6, 6.07) is 7.61. The molecule has 0 N–H and O–H groups in total. The Bertz CT molecular complexity index is 557. The smallest absolute Gasteiger partial charge is 0.0159 e. The highest BCUT2D eigenvalue weighted by Gasteiger charge is 2.35. The Balaban J connectivity index is 1.44. The Labute approximate surface area is 149 Å². The average molecular weight is 325 g/mol. The quantitative estimate of drug-likeness (QED) is 0.566. The Morgan fingerprint density at radius 2 is 1.58 bits per heavy atom. The lowest BCUT2D eigenvalue weighted by Crippen LogP contribution is -2.30. The molecule has 0 nitrogen and oxygen atoms in total. The molecule has 2 fully saturated rings. The largest absolute Gasteiger partial charge is 0.0651 e.